The van der Waals surface area contributed by atoms with Crippen LogP contribution >= 0.6 is 0 Å². The van der Waals surface area contributed by atoms with Gasteiger partial charge < -0.3 is 75.8 Å². The first-order valence-corrected chi connectivity index (χ1v) is 37.2. The highest BCUT2D eigenvalue weighted by atomic mass is 16.7. The summed E-state index contributed by atoms with van der Waals surface area (Å²) in [7, 11) is 0. The van der Waals surface area contributed by atoms with Gasteiger partial charge in [-0.05, 0) is 67.7 Å². The van der Waals surface area contributed by atoms with E-state index in [1.807, 2.05) is 135 Å². The lowest BCUT2D eigenvalue weighted by Crippen LogP contribution is -2.50. The van der Waals surface area contributed by atoms with Crippen molar-refractivity contribution < 1.29 is 109 Å². The molecular formula is C82H112O23. The Labute approximate surface area is 619 Å². The van der Waals surface area contributed by atoms with E-state index < -0.39 is 150 Å². The van der Waals surface area contributed by atoms with E-state index in [1.54, 1.807) is 27.7 Å². The molecule has 578 valence electrons. The Kier molecular flexibility index (Phi) is 31.1. The van der Waals surface area contributed by atoms with Gasteiger partial charge in [0.1, 0.15) is 77.5 Å². The van der Waals surface area contributed by atoms with E-state index in [4.69, 9.17) is 75.8 Å². The van der Waals surface area contributed by atoms with Gasteiger partial charge in [0.15, 0.2) is 25.2 Å². The van der Waals surface area contributed by atoms with Crippen LogP contribution in [0.15, 0.2) is 121 Å². The zero-order valence-electron chi connectivity index (χ0n) is 63.3. The van der Waals surface area contributed by atoms with Crippen LogP contribution in [0.1, 0.15) is 194 Å². The molecule has 4 saturated heterocycles. The first-order valence-electron chi connectivity index (χ1n) is 37.2. The second-order valence-electron chi connectivity index (χ2n) is 30.9. The van der Waals surface area contributed by atoms with Crippen molar-refractivity contribution in [1.29, 1.82) is 0 Å². The molecule has 4 aliphatic heterocycles. The normalized spacial score (nSPS) is 25.2. The van der Waals surface area contributed by atoms with E-state index in [2.05, 4.69) is 6.92 Å². The molecule has 4 fully saturated rings. The van der Waals surface area contributed by atoms with Gasteiger partial charge in [-0.2, -0.15) is 0 Å². The van der Waals surface area contributed by atoms with Crippen LogP contribution in [0.3, 0.4) is 0 Å². The summed E-state index contributed by atoms with van der Waals surface area (Å²) in [6.45, 7) is 11.8. The minimum Gasteiger partial charge on any atom is -0.464 e. The van der Waals surface area contributed by atoms with Gasteiger partial charge in [-0.1, -0.05) is 200 Å². The van der Waals surface area contributed by atoms with Crippen molar-refractivity contribution in [2.75, 3.05) is 112 Å². The molecule has 8 rings (SSSR count). The standard InChI is InChI=1S/C82H112O23/c1-11-14-15-16-17-18-19-20-21-34-43-90-58-82(12-2,13-3)59-105-74(89)81(10,56-103-72(87)79(8,52-99-68(83)75(4)44-91-64(92-45-75)60-35-26-22-27-36-60)53-100-69(84)76(5)46-93-65(94-47-76)61-37-28-23-29-38-61)57-104-73(88)80(9,54-101-70(85)77(6)48-95-66(96-49-77)62-39-30-24-31-40-62)55-102-71(86)78(7)50-97-67(98-51-78)63-41-32-25-33-42-63/h22-33,35-42,64-67H,11-21,34,43-59H2,1-10H3. The molecule has 23 nitrogen and oxygen atoms in total. The number of benzene rings is 4. The van der Waals surface area contributed by atoms with Crippen LogP contribution in [0.5, 0.6) is 0 Å². The van der Waals surface area contributed by atoms with E-state index in [-0.39, 0.29) is 66.1 Å². The molecule has 0 amide bonds. The van der Waals surface area contributed by atoms with Crippen molar-refractivity contribution in [3.63, 3.8) is 0 Å². The monoisotopic (exact) mass is 1460 g/mol. The number of hydrogen-bond acceptors (Lipinski definition) is 23. The summed E-state index contributed by atoms with van der Waals surface area (Å²) < 4.78 is 96.9. The van der Waals surface area contributed by atoms with Gasteiger partial charge in [-0.3, -0.25) is 33.6 Å². The lowest BCUT2D eigenvalue weighted by atomic mass is 9.84. The Bertz CT molecular complexity index is 2990. The number of carbonyl (C=O) groups is 7. The number of esters is 7. The zero-order valence-corrected chi connectivity index (χ0v) is 63.3. The lowest BCUT2D eigenvalue weighted by Gasteiger charge is -2.38. The number of carbonyl (C=O) groups excluding carboxylic acids is 7. The van der Waals surface area contributed by atoms with Crippen molar-refractivity contribution >= 4 is 41.8 Å². The number of ether oxygens (including phenoxy) is 16. The number of rotatable bonds is 40. The number of hydrogen-bond donors (Lipinski definition) is 0. The zero-order chi connectivity index (χ0) is 75.6. The molecule has 0 saturated carbocycles. The van der Waals surface area contributed by atoms with Gasteiger partial charge in [0.2, 0.25) is 0 Å². The van der Waals surface area contributed by atoms with Crippen LogP contribution in [0.25, 0.3) is 0 Å². The highest BCUT2D eigenvalue weighted by Gasteiger charge is 2.51. The molecule has 0 aliphatic carbocycles. The minimum atomic E-state index is -2.05. The van der Waals surface area contributed by atoms with Gasteiger partial charge in [0, 0.05) is 34.3 Å². The summed E-state index contributed by atoms with van der Waals surface area (Å²) in [4.78, 5) is 102. The topological polar surface area (TPSA) is 267 Å². The van der Waals surface area contributed by atoms with Gasteiger partial charge in [0.05, 0.1) is 66.1 Å². The summed E-state index contributed by atoms with van der Waals surface area (Å²) in [5, 5.41) is 0. The smallest absolute Gasteiger partial charge is 0.318 e. The SMILES string of the molecule is CCCCCCCCCCCCOCC(CC)(CC)COC(=O)C(C)(COC(=O)C(C)(COC(=O)C1(C)COC(c2ccccc2)OC1)COC(=O)C1(C)COC(c2ccccc2)OC1)COC(=O)C(C)(COC(=O)C1(C)COC(c2ccccc2)OC1)COC(=O)C1(C)COC(c2ccccc2)OC1. The second-order valence-corrected chi connectivity index (χ2v) is 30.9. The van der Waals surface area contributed by atoms with Crippen LogP contribution in [0.2, 0.25) is 0 Å². The maximum absolute atomic E-state index is 15.2. The first-order chi connectivity index (χ1) is 50.3. The summed E-state index contributed by atoms with van der Waals surface area (Å²) in [6.07, 6.45) is 9.73. The molecule has 4 heterocycles. The summed E-state index contributed by atoms with van der Waals surface area (Å²) in [5.41, 5.74) is -9.18. The third-order valence-electron chi connectivity index (χ3n) is 20.4. The molecule has 0 N–H and O–H groups in total. The Morgan fingerprint density at radius 2 is 0.552 bits per heavy atom. The molecule has 23 heteroatoms. The van der Waals surface area contributed by atoms with Gasteiger partial charge >= 0.3 is 41.8 Å². The van der Waals surface area contributed by atoms with E-state index in [0.717, 1.165) is 41.5 Å². The summed E-state index contributed by atoms with van der Waals surface area (Å²) in [6, 6.07) is 36.8. The molecule has 105 heavy (non-hydrogen) atoms. The molecule has 4 aromatic carbocycles. The van der Waals surface area contributed by atoms with Crippen molar-refractivity contribution in [2.24, 2.45) is 43.3 Å². The van der Waals surface area contributed by atoms with E-state index in [1.165, 1.54) is 65.7 Å². The van der Waals surface area contributed by atoms with Crippen LogP contribution in [-0.2, 0) is 109 Å². The summed E-state index contributed by atoms with van der Waals surface area (Å²) >= 11 is 0. The molecular weight excluding hydrogens is 1350 g/mol. The van der Waals surface area contributed by atoms with Crippen molar-refractivity contribution in [3.05, 3.63) is 144 Å². The average Bonchev–Trinajstić information content (AvgIpc) is 0.813. The molecule has 4 aromatic rings. The first kappa shape index (κ1) is 83.4. The third-order valence-corrected chi connectivity index (χ3v) is 20.4. The Balaban J connectivity index is 1.02. The predicted molar refractivity (Wildman–Crippen MR) is 383 cm³/mol. The Hall–Kier alpha value is -7.19. The molecule has 0 aromatic heterocycles. The van der Waals surface area contributed by atoms with Gasteiger partial charge in [0.25, 0.3) is 0 Å². The van der Waals surface area contributed by atoms with Crippen LogP contribution in [0, 0.1) is 43.3 Å². The highest BCUT2D eigenvalue weighted by Crippen LogP contribution is 2.40. The predicted octanol–water partition coefficient (Wildman–Crippen LogP) is 13.6. The van der Waals surface area contributed by atoms with E-state index in [9.17, 15) is 19.2 Å². The fourth-order valence-corrected chi connectivity index (χ4v) is 12.1. The molecule has 0 atom stereocenters. The van der Waals surface area contributed by atoms with Gasteiger partial charge in [-0.25, -0.2) is 0 Å². The fourth-order valence-electron chi connectivity index (χ4n) is 12.1. The number of unbranched alkanes of at least 4 members (excludes halogenated alkanes) is 9. The molecule has 0 radical (unpaired) electrons. The average molecular weight is 1470 g/mol. The quantitative estimate of drug-likeness (QED) is 0.0227. The lowest BCUT2D eigenvalue weighted by molar-refractivity contribution is -0.240. The maximum Gasteiger partial charge on any atom is 0.318 e. The summed E-state index contributed by atoms with van der Waals surface area (Å²) in [5.74, 6) is -6.33. The van der Waals surface area contributed by atoms with Crippen molar-refractivity contribution in [2.45, 2.75) is 171 Å². The Morgan fingerprint density at radius 3 is 0.800 bits per heavy atom. The van der Waals surface area contributed by atoms with Crippen LogP contribution in [0.4, 0.5) is 0 Å². The van der Waals surface area contributed by atoms with Gasteiger partial charge in [-0.15, -0.1) is 0 Å². The minimum absolute atomic E-state index is 0.118. The molecule has 4 aliphatic rings. The molecule has 0 unspecified atom stereocenters. The highest BCUT2D eigenvalue weighted by molar-refractivity contribution is 5.84. The second kappa shape index (κ2) is 39.1. The molecule has 0 bridgehead atoms. The Morgan fingerprint density at radius 1 is 0.324 bits per heavy atom. The maximum atomic E-state index is 15.2. The van der Waals surface area contributed by atoms with Crippen LogP contribution < -0.4 is 0 Å². The van der Waals surface area contributed by atoms with Crippen molar-refractivity contribution in [1.82, 2.24) is 0 Å². The molecule has 0 spiro atoms. The van der Waals surface area contributed by atoms with E-state index in [0.29, 0.717) is 19.4 Å². The van der Waals surface area contributed by atoms with Crippen LogP contribution in [-0.4, -0.2) is 154 Å². The van der Waals surface area contributed by atoms with E-state index >= 15 is 14.4 Å². The largest absolute Gasteiger partial charge is 0.464 e. The fraction of sp³-hybridized carbons (Fsp3) is 0.622. The third kappa shape index (κ3) is 23.2. The van der Waals surface area contributed by atoms with Crippen molar-refractivity contribution in [3.8, 4) is 0 Å².